The number of hydrogen-bond donors (Lipinski definition) is 1. The third-order valence-electron chi connectivity index (χ3n) is 6.58. The van der Waals surface area contributed by atoms with E-state index in [2.05, 4.69) is 71.5 Å². The van der Waals surface area contributed by atoms with Gasteiger partial charge in [0, 0.05) is 42.5 Å². The predicted molar refractivity (Wildman–Crippen MR) is 132 cm³/mol. The Hall–Kier alpha value is -2.73. The minimum absolute atomic E-state index is 0.00181. The van der Waals surface area contributed by atoms with Crippen molar-refractivity contribution < 1.29 is 4.79 Å². The lowest BCUT2D eigenvalue weighted by Gasteiger charge is -2.32. The lowest BCUT2D eigenvalue weighted by molar-refractivity contribution is 0.178. The molecule has 3 heterocycles. The molecule has 5 nitrogen and oxygen atoms in total. The molecule has 0 fully saturated rings. The van der Waals surface area contributed by atoms with Crippen LogP contribution < -0.4 is 10.2 Å². The van der Waals surface area contributed by atoms with Crippen LogP contribution in [-0.4, -0.2) is 35.6 Å². The van der Waals surface area contributed by atoms with Gasteiger partial charge in [-0.05, 0) is 74.9 Å². The highest BCUT2D eigenvalue weighted by Crippen LogP contribution is 2.44. The zero-order valence-electron chi connectivity index (χ0n) is 19.4. The van der Waals surface area contributed by atoms with Crippen molar-refractivity contribution in [2.75, 3.05) is 19.0 Å². The number of benzene rings is 1. The summed E-state index contributed by atoms with van der Waals surface area (Å²) in [6.45, 7) is 4.69. The number of carbonyl (C=O) groups excluding carboxylic acids is 1. The van der Waals surface area contributed by atoms with E-state index in [-0.39, 0.29) is 18.1 Å². The highest BCUT2D eigenvalue weighted by molar-refractivity contribution is 7.15. The molecule has 168 valence electrons. The van der Waals surface area contributed by atoms with E-state index in [1.807, 2.05) is 30.1 Å². The van der Waals surface area contributed by atoms with Crippen molar-refractivity contribution in [3.05, 3.63) is 69.9 Å². The first-order valence-corrected chi connectivity index (χ1v) is 12.4. The summed E-state index contributed by atoms with van der Waals surface area (Å²) in [4.78, 5) is 19.2. The van der Waals surface area contributed by atoms with E-state index in [4.69, 9.17) is 0 Å². The number of aryl methyl sites for hydroxylation is 1. The summed E-state index contributed by atoms with van der Waals surface area (Å²) in [5.41, 5.74) is 6.27. The van der Waals surface area contributed by atoms with Crippen LogP contribution in [0.1, 0.15) is 60.0 Å². The number of carbonyl (C=O) groups is 1. The molecule has 1 aliphatic carbocycles. The molecule has 1 atom stereocenters. The van der Waals surface area contributed by atoms with Crippen molar-refractivity contribution in [2.24, 2.45) is 0 Å². The van der Waals surface area contributed by atoms with Gasteiger partial charge in [-0.1, -0.05) is 12.1 Å². The fraction of sp³-hybridized carbons (Fsp3) is 0.423. The number of aromatic nitrogens is 1. The van der Waals surface area contributed by atoms with Crippen molar-refractivity contribution in [1.29, 1.82) is 0 Å². The second-order valence-corrected chi connectivity index (χ2v) is 10.5. The summed E-state index contributed by atoms with van der Waals surface area (Å²) in [5, 5.41) is 4.47. The van der Waals surface area contributed by atoms with Crippen LogP contribution >= 0.6 is 11.3 Å². The quantitative estimate of drug-likeness (QED) is 0.574. The number of urea groups is 1. The van der Waals surface area contributed by atoms with Crippen molar-refractivity contribution in [1.82, 2.24) is 14.8 Å². The number of thiophene rings is 1. The largest absolute Gasteiger partial charge is 0.378 e. The second kappa shape index (κ2) is 8.32. The molecule has 0 radical (unpaired) electrons. The molecule has 5 rings (SSSR count). The van der Waals surface area contributed by atoms with Crippen LogP contribution in [0.4, 0.5) is 10.5 Å². The van der Waals surface area contributed by atoms with Gasteiger partial charge in [-0.25, -0.2) is 4.79 Å². The molecule has 0 spiro atoms. The van der Waals surface area contributed by atoms with Crippen LogP contribution in [0.25, 0.3) is 5.00 Å². The van der Waals surface area contributed by atoms with Gasteiger partial charge < -0.3 is 19.7 Å². The first kappa shape index (κ1) is 21.1. The smallest absolute Gasteiger partial charge is 0.318 e. The standard InChI is InChI=1S/C26H32N4OS/c1-17(2)27-26(31)30-16-21-20-8-5-6-10-23(20)32-25(21)29-15-7-9-22(29)24(30)18-11-13-19(14-12-18)28(3)4/h7,9,11-15,17,24H,5-6,8,10,16H2,1-4H3,(H,27,31). The highest BCUT2D eigenvalue weighted by atomic mass is 32.1. The Kier molecular flexibility index (Phi) is 5.49. The molecule has 1 N–H and O–H groups in total. The first-order valence-electron chi connectivity index (χ1n) is 11.6. The second-order valence-electron chi connectivity index (χ2n) is 9.42. The number of fused-ring (bicyclic) bond motifs is 5. The van der Waals surface area contributed by atoms with Crippen LogP contribution in [0.3, 0.4) is 0 Å². The fourth-order valence-corrected chi connectivity index (χ4v) is 6.43. The molecule has 0 bridgehead atoms. The molecule has 0 saturated heterocycles. The molecule has 2 amide bonds. The van der Waals surface area contributed by atoms with Crippen LogP contribution in [0.5, 0.6) is 0 Å². The van der Waals surface area contributed by atoms with Gasteiger partial charge in [-0.15, -0.1) is 11.3 Å². The molecule has 0 saturated carbocycles. The number of amides is 2. The summed E-state index contributed by atoms with van der Waals surface area (Å²) >= 11 is 1.93. The van der Waals surface area contributed by atoms with Crippen molar-refractivity contribution >= 4 is 23.1 Å². The summed E-state index contributed by atoms with van der Waals surface area (Å²) < 4.78 is 2.34. The highest BCUT2D eigenvalue weighted by Gasteiger charge is 2.36. The number of nitrogens with one attached hydrogen (secondary N) is 1. The van der Waals surface area contributed by atoms with Gasteiger partial charge in [0.25, 0.3) is 0 Å². The van der Waals surface area contributed by atoms with E-state index >= 15 is 0 Å². The molecule has 3 aromatic rings. The van der Waals surface area contributed by atoms with E-state index < -0.39 is 0 Å². The average Bonchev–Trinajstić information content (AvgIpc) is 3.35. The zero-order chi connectivity index (χ0) is 22.4. The van der Waals surface area contributed by atoms with Gasteiger partial charge in [0.1, 0.15) is 5.00 Å². The summed E-state index contributed by atoms with van der Waals surface area (Å²) in [7, 11) is 4.10. The van der Waals surface area contributed by atoms with Gasteiger partial charge in [0.05, 0.1) is 18.3 Å². The lowest BCUT2D eigenvalue weighted by atomic mass is 9.95. The first-order chi connectivity index (χ1) is 15.4. The Labute approximate surface area is 194 Å². The molecular weight excluding hydrogens is 416 g/mol. The number of anilines is 1. The molecule has 1 aromatic carbocycles. The number of rotatable bonds is 3. The van der Waals surface area contributed by atoms with Crippen molar-refractivity contribution in [3.8, 4) is 5.00 Å². The number of nitrogens with zero attached hydrogens (tertiary/aromatic N) is 3. The SMILES string of the molecule is CC(C)NC(=O)N1Cc2c(sc3c2CCCC3)-n2cccc2C1c1ccc(N(C)C)cc1. The van der Waals surface area contributed by atoms with E-state index in [1.54, 1.807) is 0 Å². The maximum atomic E-state index is 13.6. The maximum absolute atomic E-state index is 13.6. The van der Waals surface area contributed by atoms with Gasteiger partial charge in [-0.2, -0.15) is 0 Å². The normalized spacial score (nSPS) is 17.4. The molecular formula is C26H32N4OS. The van der Waals surface area contributed by atoms with Gasteiger partial charge in [0.15, 0.2) is 0 Å². The van der Waals surface area contributed by atoms with Crippen LogP contribution in [0, 0.1) is 0 Å². The van der Waals surface area contributed by atoms with Crippen molar-refractivity contribution in [2.45, 2.75) is 58.2 Å². The summed E-state index contributed by atoms with van der Waals surface area (Å²) in [5.74, 6) is 0. The van der Waals surface area contributed by atoms with Crippen LogP contribution in [0.15, 0.2) is 42.6 Å². The van der Waals surface area contributed by atoms with Gasteiger partial charge in [-0.3, -0.25) is 0 Å². The van der Waals surface area contributed by atoms with E-state index in [9.17, 15) is 4.79 Å². The van der Waals surface area contributed by atoms with Crippen molar-refractivity contribution in [3.63, 3.8) is 0 Å². The van der Waals surface area contributed by atoms with Crippen LogP contribution in [-0.2, 0) is 19.4 Å². The molecule has 1 unspecified atom stereocenters. The third-order valence-corrected chi connectivity index (χ3v) is 7.91. The van der Waals surface area contributed by atoms with Crippen LogP contribution in [0.2, 0.25) is 0 Å². The van der Waals surface area contributed by atoms with E-state index in [0.29, 0.717) is 6.54 Å². The minimum atomic E-state index is -0.140. The Morgan fingerprint density at radius 2 is 1.84 bits per heavy atom. The third kappa shape index (κ3) is 3.60. The average molecular weight is 449 g/mol. The Bertz CT molecular complexity index is 1130. The van der Waals surface area contributed by atoms with E-state index in [0.717, 1.165) is 29.8 Å². The number of hydrogen-bond acceptors (Lipinski definition) is 3. The minimum Gasteiger partial charge on any atom is -0.378 e. The van der Waals surface area contributed by atoms with Gasteiger partial charge >= 0.3 is 6.03 Å². The fourth-order valence-electron chi connectivity index (χ4n) is 5.02. The molecule has 2 aromatic heterocycles. The predicted octanol–water partition coefficient (Wildman–Crippen LogP) is 5.51. The lowest BCUT2D eigenvalue weighted by Crippen LogP contribution is -2.44. The maximum Gasteiger partial charge on any atom is 0.318 e. The zero-order valence-corrected chi connectivity index (χ0v) is 20.2. The monoisotopic (exact) mass is 448 g/mol. The molecule has 2 aliphatic rings. The Morgan fingerprint density at radius 3 is 2.56 bits per heavy atom. The Balaban J connectivity index is 1.66. The van der Waals surface area contributed by atoms with E-state index in [1.165, 1.54) is 33.8 Å². The molecule has 32 heavy (non-hydrogen) atoms. The summed E-state index contributed by atoms with van der Waals surface area (Å²) in [6.07, 6.45) is 6.96. The Morgan fingerprint density at radius 1 is 1.09 bits per heavy atom. The van der Waals surface area contributed by atoms with Gasteiger partial charge in [0.2, 0.25) is 0 Å². The summed E-state index contributed by atoms with van der Waals surface area (Å²) in [6, 6.07) is 12.9. The topological polar surface area (TPSA) is 40.5 Å². The molecule has 1 aliphatic heterocycles. The molecule has 6 heteroatoms.